The molecule has 0 heterocycles. The molecule has 1 aromatic carbocycles. The van der Waals surface area contributed by atoms with Crippen molar-refractivity contribution in [2.45, 2.75) is 26.3 Å². The Morgan fingerprint density at radius 3 is 2.31 bits per heavy atom. The van der Waals surface area contributed by atoms with Crippen molar-refractivity contribution in [1.82, 2.24) is 9.74 Å². The van der Waals surface area contributed by atoms with Crippen molar-refractivity contribution in [2.24, 2.45) is 0 Å². The van der Waals surface area contributed by atoms with Gasteiger partial charge in [-0.1, -0.05) is 44.2 Å². The number of nitrogens with zero attached hydrogens (tertiary/aromatic N) is 1. The van der Waals surface area contributed by atoms with Crippen LogP contribution in [0.15, 0.2) is 30.3 Å². The van der Waals surface area contributed by atoms with Gasteiger partial charge in [-0.25, -0.2) is 4.84 Å². The lowest BCUT2D eigenvalue weighted by atomic mass is 10.0. The van der Waals surface area contributed by atoms with Gasteiger partial charge < -0.3 is 4.90 Å². The van der Waals surface area contributed by atoms with E-state index in [1.54, 1.807) is 0 Å². The van der Waals surface area contributed by atoms with E-state index in [2.05, 4.69) is 35.7 Å². The lowest BCUT2D eigenvalue weighted by Gasteiger charge is -2.22. The molecule has 0 radical (unpaired) electrons. The molecule has 2 nitrogen and oxygen atoms in total. The van der Waals surface area contributed by atoms with Crippen LogP contribution in [0.1, 0.15) is 31.9 Å². The van der Waals surface area contributed by atoms with E-state index in [1.165, 1.54) is 5.56 Å². The molecule has 1 aromatic rings. The molecule has 1 N–H and O–H groups in total. The topological polar surface area (TPSA) is 15.3 Å². The van der Waals surface area contributed by atoms with Gasteiger partial charge >= 0.3 is 0 Å². The summed E-state index contributed by atoms with van der Waals surface area (Å²) in [5.74, 6) is 0. The van der Waals surface area contributed by atoms with Crippen molar-refractivity contribution >= 4 is 11.8 Å². The van der Waals surface area contributed by atoms with Gasteiger partial charge in [0.25, 0.3) is 0 Å². The average molecular weight is 241 g/mol. The molecular formula is C13H21ClN2. The van der Waals surface area contributed by atoms with Crippen LogP contribution in [0.5, 0.6) is 0 Å². The smallest absolute Gasteiger partial charge is 0.0482 e. The first-order valence-corrected chi connectivity index (χ1v) is 6.33. The Bertz CT molecular complexity index is 273. The second-order valence-corrected chi connectivity index (χ2v) is 4.11. The molecular weight excluding hydrogens is 220 g/mol. The largest absolute Gasteiger partial charge is 0.304 e. The molecule has 0 spiro atoms. The van der Waals surface area contributed by atoms with E-state index in [0.29, 0.717) is 0 Å². The first-order chi connectivity index (χ1) is 7.81. The van der Waals surface area contributed by atoms with E-state index in [4.69, 9.17) is 11.8 Å². The molecule has 0 aliphatic carbocycles. The van der Waals surface area contributed by atoms with E-state index in [-0.39, 0.29) is 6.04 Å². The van der Waals surface area contributed by atoms with Crippen LogP contribution in [0.2, 0.25) is 0 Å². The third-order valence-corrected chi connectivity index (χ3v) is 3.23. The van der Waals surface area contributed by atoms with Crippen LogP contribution < -0.4 is 4.84 Å². The van der Waals surface area contributed by atoms with Crippen molar-refractivity contribution < 1.29 is 0 Å². The summed E-state index contributed by atoms with van der Waals surface area (Å²) in [6.45, 7) is 7.65. The van der Waals surface area contributed by atoms with Gasteiger partial charge in [-0.05, 0) is 43.4 Å². The van der Waals surface area contributed by atoms with Gasteiger partial charge in [0.2, 0.25) is 0 Å². The highest BCUT2D eigenvalue weighted by molar-refractivity contribution is 6.13. The van der Waals surface area contributed by atoms with Crippen LogP contribution in [0.25, 0.3) is 0 Å². The van der Waals surface area contributed by atoms with Gasteiger partial charge in [0.05, 0.1) is 0 Å². The second kappa shape index (κ2) is 7.66. The fraction of sp³-hybridized carbons (Fsp3) is 0.538. The Balaban J connectivity index is 2.50. The normalized spacial score (nSPS) is 13.0. The summed E-state index contributed by atoms with van der Waals surface area (Å²) in [6, 6.07) is 10.6. The molecule has 0 saturated carbocycles. The highest BCUT2D eigenvalue weighted by Crippen LogP contribution is 2.17. The van der Waals surface area contributed by atoms with Crippen molar-refractivity contribution in [1.29, 1.82) is 0 Å². The van der Waals surface area contributed by atoms with Gasteiger partial charge in [0, 0.05) is 6.04 Å². The molecule has 3 heteroatoms. The van der Waals surface area contributed by atoms with E-state index in [0.717, 1.165) is 26.1 Å². The summed E-state index contributed by atoms with van der Waals surface area (Å²) < 4.78 is 0. The quantitative estimate of drug-likeness (QED) is 0.737. The molecule has 0 amide bonds. The molecule has 0 aromatic heterocycles. The zero-order chi connectivity index (χ0) is 11.8. The zero-order valence-corrected chi connectivity index (χ0v) is 10.9. The van der Waals surface area contributed by atoms with Crippen molar-refractivity contribution in [3.8, 4) is 0 Å². The SMILES string of the molecule is CCN(CC)CC[C@H](NCl)c1ccccc1. The molecule has 1 rings (SSSR count). The molecule has 0 saturated heterocycles. The van der Waals surface area contributed by atoms with Crippen molar-refractivity contribution in [2.75, 3.05) is 19.6 Å². The van der Waals surface area contributed by atoms with Gasteiger partial charge in [-0.15, -0.1) is 0 Å². The maximum Gasteiger partial charge on any atom is 0.0482 e. The van der Waals surface area contributed by atoms with E-state index < -0.39 is 0 Å². The number of hydrogen-bond acceptors (Lipinski definition) is 2. The first kappa shape index (κ1) is 13.5. The van der Waals surface area contributed by atoms with Gasteiger partial charge in [0.15, 0.2) is 0 Å². The summed E-state index contributed by atoms with van der Waals surface area (Å²) in [5.41, 5.74) is 1.25. The molecule has 0 bridgehead atoms. The van der Waals surface area contributed by atoms with Crippen LogP contribution in [-0.4, -0.2) is 24.5 Å². The standard InChI is InChI=1S/C13H21ClN2/c1-3-16(4-2)11-10-13(15-14)12-8-6-5-7-9-12/h5-9,13,15H,3-4,10-11H2,1-2H3/t13-/m0/s1. The summed E-state index contributed by atoms with van der Waals surface area (Å²) in [5, 5.41) is 0. The van der Waals surface area contributed by atoms with E-state index >= 15 is 0 Å². The third-order valence-electron chi connectivity index (χ3n) is 2.96. The van der Waals surface area contributed by atoms with Gasteiger partial charge in [0.1, 0.15) is 0 Å². The van der Waals surface area contributed by atoms with Crippen LogP contribution in [-0.2, 0) is 0 Å². The molecule has 16 heavy (non-hydrogen) atoms. The number of nitrogens with one attached hydrogen (secondary N) is 1. The Hall–Kier alpha value is -0.570. The Morgan fingerprint density at radius 1 is 1.19 bits per heavy atom. The highest BCUT2D eigenvalue weighted by atomic mass is 35.5. The molecule has 0 fully saturated rings. The predicted molar refractivity (Wildman–Crippen MR) is 70.6 cm³/mol. The Morgan fingerprint density at radius 2 is 1.81 bits per heavy atom. The van der Waals surface area contributed by atoms with Crippen LogP contribution in [0.3, 0.4) is 0 Å². The summed E-state index contributed by atoms with van der Waals surface area (Å²) in [6.07, 6.45) is 1.04. The highest BCUT2D eigenvalue weighted by Gasteiger charge is 2.10. The number of benzene rings is 1. The Kier molecular flexibility index (Phi) is 6.46. The lowest BCUT2D eigenvalue weighted by Crippen LogP contribution is -2.27. The zero-order valence-electron chi connectivity index (χ0n) is 10.1. The fourth-order valence-corrected chi connectivity index (χ4v) is 2.06. The van der Waals surface area contributed by atoms with Crippen LogP contribution >= 0.6 is 11.8 Å². The number of halogens is 1. The molecule has 0 aliphatic rings. The summed E-state index contributed by atoms with van der Waals surface area (Å²) >= 11 is 5.80. The van der Waals surface area contributed by atoms with Crippen molar-refractivity contribution in [3.05, 3.63) is 35.9 Å². The molecule has 0 aliphatic heterocycles. The lowest BCUT2D eigenvalue weighted by molar-refractivity contribution is 0.288. The summed E-state index contributed by atoms with van der Waals surface area (Å²) in [7, 11) is 0. The van der Waals surface area contributed by atoms with Crippen LogP contribution in [0.4, 0.5) is 0 Å². The van der Waals surface area contributed by atoms with Crippen molar-refractivity contribution in [3.63, 3.8) is 0 Å². The monoisotopic (exact) mass is 240 g/mol. The third kappa shape index (κ3) is 4.12. The van der Waals surface area contributed by atoms with E-state index in [1.807, 2.05) is 18.2 Å². The molecule has 0 unspecified atom stereocenters. The fourth-order valence-electron chi connectivity index (χ4n) is 1.82. The van der Waals surface area contributed by atoms with Crippen LogP contribution in [0, 0.1) is 0 Å². The minimum atomic E-state index is 0.239. The Labute approximate surface area is 104 Å². The predicted octanol–water partition coefficient (Wildman–Crippen LogP) is 3.20. The molecule has 90 valence electrons. The maximum atomic E-state index is 5.80. The average Bonchev–Trinajstić information content (AvgIpc) is 2.36. The van der Waals surface area contributed by atoms with E-state index in [9.17, 15) is 0 Å². The summed E-state index contributed by atoms with van der Waals surface area (Å²) in [4.78, 5) is 5.27. The van der Waals surface area contributed by atoms with Gasteiger partial charge in [-0.2, -0.15) is 0 Å². The molecule has 1 atom stereocenters. The number of hydrogen-bond donors (Lipinski definition) is 1. The van der Waals surface area contributed by atoms with Gasteiger partial charge in [-0.3, -0.25) is 0 Å². The first-order valence-electron chi connectivity index (χ1n) is 5.95. The number of rotatable bonds is 7. The minimum absolute atomic E-state index is 0.239. The maximum absolute atomic E-state index is 5.80. The second-order valence-electron chi connectivity index (χ2n) is 3.89. The minimum Gasteiger partial charge on any atom is -0.304 e.